The van der Waals surface area contributed by atoms with Crippen LogP contribution in [-0.4, -0.2) is 35.9 Å². The fourth-order valence-electron chi connectivity index (χ4n) is 2.82. The van der Waals surface area contributed by atoms with Crippen LogP contribution in [0.5, 0.6) is 0 Å². The van der Waals surface area contributed by atoms with E-state index in [9.17, 15) is 9.90 Å². The maximum absolute atomic E-state index is 11.5. The predicted molar refractivity (Wildman–Crippen MR) is 92.3 cm³/mol. The average Bonchev–Trinajstić information content (AvgIpc) is 2.66. The van der Waals surface area contributed by atoms with Crippen LogP contribution in [0.25, 0.3) is 0 Å². The zero-order chi connectivity index (χ0) is 16.2. The van der Waals surface area contributed by atoms with Crippen LogP contribution < -0.4 is 5.32 Å². The Morgan fingerprint density at radius 3 is 2.68 bits per heavy atom. The second-order valence-electron chi connectivity index (χ2n) is 6.63. The summed E-state index contributed by atoms with van der Waals surface area (Å²) in [7, 11) is 0. The van der Waals surface area contributed by atoms with Crippen LogP contribution in [0.15, 0.2) is 4.99 Å². The van der Waals surface area contributed by atoms with Gasteiger partial charge >= 0.3 is 0 Å². The zero-order valence-electron chi connectivity index (χ0n) is 14.4. The van der Waals surface area contributed by atoms with Crippen molar-refractivity contribution in [3.63, 3.8) is 0 Å². The minimum absolute atomic E-state index is 0.0642. The third kappa shape index (κ3) is 8.52. The monoisotopic (exact) mass is 310 g/mol. The number of aliphatic imine (C=N–C) groups is 1. The molecule has 128 valence electrons. The van der Waals surface area contributed by atoms with E-state index in [0.29, 0.717) is 6.54 Å². The third-order valence-electron chi connectivity index (χ3n) is 4.41. The highest BCUT2D eigenvalue weighted by Crippen LogP contribution is 2.14. The lowest BCUT2D eigenvalue weighted by atomic mass is 10.0. The number of carbonyl (C=O) groups is 1. The van der Waals surface area contributed by atoms with Gasteiger partial charge in [0, 0.05) is 12.8 Å². The number of aliphatic hydroxyl groups excluding tert-OH is 1. The number of rotatable bonds is 11. The van der Waals surface area contributed by atoms with Gasteiger partial charge in [-0.1, -0.05) is 45.4 Å². The molecule has 0 bridgehead atoms. The van der Waals surface area contributed by atoms with Gasteiger partial charge in [-0.25, -0.2) is 0 Å². The lowest BCUT2D eigenvalue weighted by molar-refractivity contribution is -0.122. The molecule has 1 heterocycles. The molecule has 4 nitrogen and oxygen atoms in total. The number of hydrogen-bond acceptors (Lipinski definition) is 3. The molecule has 0 aromatic carbocycles. The second-order valence-corrected chi connectivity index (χ2v) is 6.63. The molecule has 1 rings (SSSR count). The van der Waals surface area contributed by atoms with Crippen LogP contribution >= 0.6 is 0 Å². The molecule has 0 fully saturated rings. The Bertz CT molecular complexity index is 331. The largest absolute Gasteiger partial charge is 0.393 e. The van der Waals surface area contributed by atoms with Crippen LogP contribution in [-0.2, 0) is 4.79 Å². The number of nitrogens with zero attached hydrogens (tertiary/aromatic N) is 1. The van der Waals surface area contributed by atoms with Crippen molar-refractivity contribution in [2.45, 2.75) is 90.2 Å². The fraction of sp³-hybridized carbons (Fsp3) is 0.889. The van der Waals surface area contributed by atoms with Crippen LogP contribution in [0, 0.1) is 5.92 Å². The number of hydrogen-bond donors (Lipinski definition) is 2. The molecular formula is C18H34N2O2. The van der Waals surface area contributed by atoms with E-state index < -0.39 is 0 Å². The van der Waals surface area contributed by atoms with E-state index in [-0.39, 0.29) is 24.0 Å². The Labute approximate surface area is 135 Å². The van der Waals surface area contributed by atoms with Crippen molar-refractivity contribution in [3.8, 4) is 0 Å². The molecule has 4 heteroatoms. The Kier molecular flexibility index (Phi) is 10.1. The van der Waals surface area contributed by atoms with Gasteiger partial charge in [0.15, 0.2) is 0 Å². The van der Waals surface area contributed by atoms with Crippen molar-refractivity contribution in [1.82, 2.24) is 5.32 Å². The van der Waals surface area contributed by atoms with Crippen molar-refractivity contribution >= 4 is 12.1 Å². The van der Waals surface area contributed by atoms with Gasteiger partial charge < -0.3 is 10.4 Å². The van der Waals surface area contributed by atoms with E-state index in [4.69, 9.17) is 0 Å². The highest BCUT2D eigenvalue weighted by Gasteiger charge is 2.17. The van der Waals surface area contributed by atoms with Gasteiger partial charge in [-0.15, -0.1) is 0 Å². The lowest BCUT2D eigenvalue weighted by Gasteiger charge is -2.13. The summed E-state index contributed by atoms with van der Waals surface area (Å²) in [5.41, 5.74) is 0. The second kappa shape index (κ2) is 11.6. The molecule has 1 amide bonds. The van der Waals surface area contributed by atoms with Crippen LogP contribution in [0.2, 0.25) is 0 Å². The van der Waals surface area contributed by atoms with Crippen molar-refractivity contribution in [2.24, 2.45) is 10.9 Å². The van der Waals surface area contributed by atoms with Gasteiger partial charge in [0.1, 0.15) is 0 Å². The summed E-state index contributed by atoms with van der Waals surface area (Å²) in [5, 5.41) is 12.9. The molecule has 0 spiro atoms. The van der Waals surface area contributed by atoms with E-state index >= 15 is 0 Å². The molecule has 0 aliphatic carbocycles. The van der Waals surface area contributed by atoms with Crippen LogP contribution in [0.3, 0.4) is 0 Å². The van der Waals surface area contributed by atoms with Crippen LogP contribution in [0.4, 0.5) is 0 Å². The van der Waals surface area contributed by atoms with Gasteiger partial charge in [0.2, 0.25) is 5.91 Å². The quantitative estimate of drug-likeness (QED) is 0.574. The third-order valence-corrected chi connectivity index (χ3v) is 4.41. The Hall–Kier alpha value is -0.900. The lowest BCUT2D eigenvalue weighted by Crippen LogP contribution is -2.32. The summed E-state index contributed by atoms with van der Waals surface area (Å²) in [6.45, 7) is 4.73. The van der Waals surface area contributed by atoms with Gasteiger partial charge in [-0.2, -0.15) is 0 Å². The number of aliphatic hydroxyl groups is 1. The SMILES string of the molecule is CCCCCCCCC(O)CCCC1CNC(=O)C(C)C=N1. The zero-order valence-corrected chi connectivity index (χ0v) is 14.4. The number of carbonyl (C=O) groups excluding carboxylic acids is 1. The first-order valence-corrected chi connectivity index (χ1v) is 9.12. The maximum Gasteiger partial charge on any atom is 0.228 e. The summed E-state index contributed by atoms with van der Waals surface area (Å²) in [6.07, 6.45) is 12.9. The molecule has 2 N–H and O–H groups in total. The Morgan fingerprint density at radius 2 is 1.91 bits per heavy atom. The van der Waals surface area contributed by atoms with E-state index in [2.05, 4.69) is 17.2 Å². The molecule has 0 saturated carbocycles. The molecule has 3 atom stereocenters. The van der Waals surface area contributed by atoms with Crippen molar-refractivity contribution < 1.29 is 9.90 Å². The molecule has 22 heavy (non-hydrogen) atoms. The maximum atomic E-state index is 11.5. The number of unbranched alkanes of at least 4 members (excludes halogenated alkanes) is 5. The first kappa shape index (κ1) is 19.1. The first-order valence-electron chi connectivity index (χ1n) is 9.12. The van der Waals surface area contributed by atoms with E-state index in [0.717, 1.165) is 32.1 Å². The summed E-state index contributed by atoms with van der Waals surface area (Å²) in [4.78, 5) is 16.0. The standard InChI is InChI=1S/C18H34N2O2/c1-3-4-5-6-7-8-11-17(21)12-9-10-16-14-20-18(22)15(2)13-19-16/h13,15-17,21H,3-12,14H2,1-2H3,(H,20,22). The topological polar surface area (TPSA) is 61.7 Å². The fourth-order valence-corrected chi connectivity index (χ4v) is 2.82. The van der Waals surface area contributed by atoms with Crippen molar-refractivity contribution in [1.29, 1.82) is 0 Å². The highest BCUT2D eigenvalue weighted by atomic mass is 16.3. The van der Waals surface area contributed by atoms with E-state index in [1.54, 1.807) is 6.21 Å². The first-order chi connectivity index (χ1) is 10.6. The molecule has 1 aliphatic heterocycles. The normalized spacial score (nSPS) is 23.1. The summed E-state index contributed by atoms with van der Waals surface area (Å²) < 4.78 is 0. The van der Waals surface area contributed by atoms with Gasteiger partial charge in [0.25, 0.3) is 0 Å². The molecular weight excluding hydrogens is 276 g/mol. The van der Waals surface area contributed by atoms with Gasteiger partial charge in [0.05, 0.1) is 18.1 Å². The summed E-state index contributed by atoms with van der Waals surface area (Å²) in [5.74, 6) is -0.0577. The van der Waals surface area contributed by atoms with Crippen molar-refractivity contribution in [3.05, 3.63) is 0 Å². The van der Waals surface area contributed by atoms with Crippen molar-refractivity contribution in [2.75, 3.05) is 6.54 Å². The Morgan fingerprint density at radius 1 is 1.23 bits per heavy atom. The summed E-state index contributed by atoms with van der Waals surface area (Å²) in [6, 6.07) is 0.176. The molecule has 1 aliphatic rings. The number of amides is 1. The predicted octanol–water partition coefficient (Wildman–Crippen LogP) is 3.47. The summed E-state index contributed by atoms with van der Waals surface area (Å²) >= 11 is 0. The minimum Gasteiger partial charge on any atom is -0.393 e. The average molecular weight is 310 g/mol. The highest BCUT2D eigenvalue weighted by molar-refractivity contribution is 5.93. The number of nitrogens with one attached hydrogen (secondary N) is 1. The molecule has 0 saturated heterocycles. The smallest absolute Gasteiger partial charge is 0.228 e. The minimum atomic E-state index is -0.172. The molecule has 0 aromatic heterocycles. The molecule has 0 aromatic rings. The molecule has 0 radical (unpaired) electrons. The Balaban J connectivity index is 2.03. The molecule has 3 unspecified atom stereocenters. The van der Waals surface area contributed by atoms with E-state index in [1.165, 1.54) is 32.1 Å². The van der Waals surface area contributed by atoms with Gasteiger partial charge in [-0.3, -0.25) is 9.79 Å². The van der Waals surface area contributed by atoms with Crippen LogP contribution in [0.1, 0.15) is 78.1 Å². The van der Waals surface area contributed by atoms with Gasteiger partial charge in [-0.05, 0) is 32.6 Å². The van der Waals surface area contributed by atoms with E-state index in [1.807, 2.05) is 6.92 Å².